The summed E-state index contributed by atoms with van der Waals surface area (Å²) in [5.74, 6) is 0. The largest absolute Gasteiger partial charge is 0.0885 e. The van der Waals surface area contributed by atoms with Crippen LogP contribution in [0.4, 0.5) is 0 Å². The van der Waals surface area contributed by atoms with Crippen LogP contribution in [0.5, 0.6) is 0 Å². The molecule has 5 spiro atoms. The van der Waals surface area contributed by atoms with Gasteiger partial charge in [-0.1, -0.05) is 359 Å². The van der Waals surface area contributed by atoms with Crippen molar-refractivity contribution in [1.29, 1.82) is 0 Å². The van der Waals surface area contributed by atoms with Crippen molar-refractivity contribution in [3.63, 3.8) is 0 Å². The summed E-state index contributed by atoms with van der Waals surface area (Å²) in [6.45, 7) is 21.9. The van der Waals surface area contributed by atoms with Crippen LogP contribution >= 0.6 is 0 Å². The molecule has 520 valence electrons. The van der Waals surface area contributed by atoms with Gasteiger partial charge in [0.05, 0.1) is 10.8 Å². The maximum atomic E-state index is 2.44. The molecule has 0 nitrogen and oxygen atoms in total. The van der Waals surface area contributed by atoms with Crippen molar-refractivity contribution in [2.75, 3.05) is 0 Å². The van der Waals surface area contributed by atoms with E-state index in [9.17, 15) is 0 Å². The molecular weight excluding hydrogens is 1260 g/mol. The number of aryl methyl sites for hydroxylation is 10. The van der Waals surface area contributed by atoms with Gasteiger partial charge in [0, 0.05) is 16.2 Å². The maximum Gasteiger partial charge on any atom is 0.0581 e. The zero-order valence-corrected chi connectivity index (χ0v) is 63.4. The van der Waals surface area contributed by atoms with Crippen molar-refractivity contribution < 1.29 is 0 Å². The molecule has 0 aliphatic heterocycles. The van der Waals surface area contributed by atoms with Gasteiger partial charge in [-0.05, 0) is 245 Å². The van der Waals surface area contributed by atoms with Crippen LogP contribution in [-0.4, -0.2) is 0 Å². The van der Waals surface area contributed by atoms with Crippen LogP contribution in [0.2, 0.25) is 0 Å². The Labute approximate surface area is 626 Å². The molecule has 0 radical (unpaired) electrons. The minimum atomic E-state index is -0.119. The molecule has 10 aliphatic rings. The van der Waals surface area contributed by atoms with Crippen LogP contribution in [0.15, 0.2) is 304 Å². The van der Waals surface area contributed by atoms with E-state index >= 15 is 0 Å². The smallest absolute Gasteiger partial charge is 0.0581 e. The summed E-state index contributed by atoms with van der Waals surface area (Å²) in [5, 5.41) is 0. The Morgan fingerprint density at radius 3 is 0.867 bits per heavy atom. The Hall–Kier alpha value is -10.4. The summed E-state index contributed by atoms with van der Waals surface area (Å²) in [4.78, 5) is 0. The fraction of sp³-hybridized carbons (Fsp3) is 0.238. The van der Waals surface area contributed by atoms with E-state index in [-0.39, 0.29) is 27.1 Å². The molecule has 105 heavy (non-hydrogen) atoms. The monoisotopic (exact) mass is 1360 g/mol. The molecule has 0 bridgehead atoms. The molecular formula is C105H100. The van der Waals surface area contributed by atoms with Crippen LogP contribution in [-0.2, 0) is 27.1 Å². The molecule has 0 unspecified atom stereocenters. The zero-order valence-electron chi connectivity index (χ0n) is 63.4. The van der Waals surface area contributed by atoms with Crippen molar-refractivity contribution in [1.82, 2.24) is 0 Å². The molecule has 0 N–H and O–H groups in total. The average molecular weight is 1360 g/mol. The quantitative estimate of drug-likeness (QED) is 0.133. The maximum absolute atomic E-state index is 2.44. The average Bonchev–Trinajstić information content (AvgIpc) is 1.61. The first kappa shape index (κ1) is 69.0. The Bertz CT molecular complexity index is 5040. The Morgan fingerprint density at radius 2 is 0.495 bits per heavy atom. The van der Waals surface area contributed by atoms with Crippen LogP contribution in [0.1, 0.15) is 175 Å². The van der Waals surface area contributed by atoms with E-state index < -0.39 is 0 Å². The lowest BCUT2D eigenvalue weighted by molar-refractivity contribution is 0.463. The number of benzene rings is 10. The first-order chi connectivity index (χ1) is 51.0. The molecule has 0 amide bonds. The molecule has 10 aliphatic carbocycles. The van der Waals surface area contributed by atoms with Gasteiger partial charge in [-0.2, -0.15) is 0 Å². The van der Waals surface area contributed by atoms with Gasteiger partial charge in [0.1, 0.15) is 0 Å². The Morgan fingerprint density at radius 1 is 0.200 bits per heavy atom. The van der Waals surface area contributed by atoms with E-state index in [0.29, 0.717) is 0 Å². The van der Waals surface area contributed by atoms with Crippen molar-refractivity contribution >= 4 is 0 Å². The summed E-state index contributed by atoms with van der Waals surface area (Å²) in [6.07, 6.45) is 57.6. The fourth-order valence-electron chi connectivity index (χ4n) is 19.4. The normalized spacial score (nSPS) is 17.6. The number of rotatable bonds is 0. The molecule has 10 aromatic carbocycles. The van der Waals surface area contributed by atoms with Crippen molar-refractivity contribution in [3.05, 3.63) is 415 Å². The molecule has 0 saturated heterocycles. The molecule has 0 heteroatoms. The zero-order chi connectivity index (χ0) is 72.2. The van der Waals surface area contributed by atoms with Gasteiger partial charge in [0.2, 0.25) is 0 Å². The van der Waals surface area contributed by atoms with Crippen molar-refractivity contribution in [2.24, 2.45) is 0 Å². The third-order valence-corrected chi connectivity index (χ3v) is 24.5. The van der Waals surface area contributed by atoms with Crippen molar-refractivity contribution in [2.45, 2.75) is 161 Å². The van der Waals surface area contributed by atoms with Crippen LogP contribution < -0.4 is 0 Å². The second-order valence-corrected chi connectivity index (χ2v) is 31.9. The van der Waals surface area contributed by atoms with Crippen molar-refractivity contribution in [3.8, 4) is 55.6 Å². The van der Waals surface area contributed by atoms with E-state index in [1.54, 1.807) is 11.1 Å². The molecule has 10 aromatic rings. The van der Waals surface area contributed by atoms with Gasteiger partial charge in [0.25, 0.3) is 0 Å². The van der Waals surface area contributed by atoms with Gasteiger partial charge >= 0.3 is 0 Å². The molecule has 20 rings (SSSR count). The Kier molecular flexibility index (Phi) is 18.3. The lowest BCUT2D eigenvalue weighted by Crippen LogP contribution is -2.24. The lowest BCUT2D eigenvalue weighted by Gasteiger charge is -2.31. The van der Waals surface area contributed by atoms with E-state index in [4.69, 9.17) is 0 Å². The van der Waals surface area contributed by atoms with E-state index in [1.165, 1.54) is 181 Å². The first-order valence-corrected chi connectivity index (χ1v) is 38.9. The highest BCUT2D eigenvalue weighted by molar-refractivity contribution is 5.88. The van der Waals surface area contributed by atoms with E-state index in [0.717, 1.165) is 38.5 Å². The summed E-state index contributed by atoms with van der Waals surface area (Å²) in [5.41, 5.74) is 42.5. The molecule has 0 saturated carbocycles. The van der Waals surface area contributed by atoms with Gasteiger partial charge in [-0.15, -0.1) is 0 Å². The topological polar surface area (TPSA) is 0 Å². The number of hydrogen-bond donors (Lipinski definition) is 0. The highest BCUT2D eigenvalue weighted by Gasteiger charge is 2.46. The predicted molar refractivity (Wildman–Crippen MR) is 448 cm³/mol. The highest BCUT2D eigenvalue weighted by Crippen LogP contribution is 2.59. The minimum Gasteiger partial charge on any atom is -0.0885 e. The SMILES string of the molecule is Cc1ccc2c(c1)C1(C=CC=CC=C1)c1cc(C)ccc1-2.Cc1ccc2c(c1)C1(C=CC=CCC1)c1cc(C)ccc1-2.Cc1ccc2c(c1)C1(C=CCC=CC1)c1cc(C)ccc1-2.Cc1ccc2c(c1)C1(C=CCCC=C1)c1cc(C)ccc1-2.Cc1ccc2c(c1)C1(CCC=CCC1)c1cc(C)ccc1-2. The third kappa shape index (κ3) is 12.1. The number of allylic oxidation sites excluding steroid dienone is 20. The van der Waals surface area contributed by atoms with E-state index in [1.807, 2.05) is 0 Å². The molecule has 0 heterocycles. The predicted octanol–water partition coefficient (Wildman–Crippen LogP) is 27.4. The number of fused-ring (bicyclic) bond motifs is 25. The Balaban J connectivity index is 0.000000101. The minimum absolute atomic E-state index is 0.0374. The second-order valence-electron chi connectivity index (χ2n) is 31.9. The van der Waals surface area contributed by atoms with Crippen LogP contribution in [0.25, 0.3) is 55.6 Å². The fourth-order valence-corrected chi connectivity index (χ4v) is 19.4. The van der Waals surface area contributed by atoms with Gasteiger partial charge < -0.3 is 0 Å². The summed E-state index contributed by atoms with van der Waals surface area (Å²) in [6, 6.07) is 69.2. The number of hydrogen-bond acceptors (Lipinski definition) is 0. The van der Waals surface area contributed by atoms with Crippen LogP contribution in [0.3, 0.4) is 0 Å². The van der Waals surface area contributed by atoms with Gasteiger partial charge in [0.15, 0.2) is 0 Å². The standard InChI is InChI=1S/C21H22.3C21H20.C21H18/c5*1-15-7-9-17-18-10-8-16(2)14-20(18)21(19(17)13-15)11-5-3-4-6-12-21/h3-4,7-10,13-14H,5-6,11-12H2,1-2H3;5-14H,3-4H2,1-2H3;3,5-10,12-14H,4,11H2,1-2H3;3-5,7-11,13-14H,6,12H2,1-2H3;3-14H,1-2H3. The van der Waals surface area contributed by atoms with E-state index in [2.05, 4.69) is 373 Å². The third-order valence-electron chi connectivity index (χ3n) is 24.5. The second kappa shape index (κ2) is 27.9. The van der Waals surface area contributed by atoms with Gasteiger partial charge in [-0.25, -0.2) is 0 Å². The first-order valence-electron chi connectivity index (χ1n) is 38.9. The lowest BCUT2D eigenvalue weighted by atomic mass is 9.72. The summed E-state index contributed by atoms with van der Waals surface area (Å²) >= 11 is 0. The van der Waals surface area contributed by atoms with Gasteiger partial charge in [-0.3, -0.25) is 0 Å². The summed E-state index contributed by atoms with van der Waals surface area (Å²) in [7, 11) is 0. The van der Waals surface area contributed by atoms with Crippen LogP contribution in [0, 0.1) is 69.2 Å². The molecule has 0 atom stereocenters. The summed E-state index contributed by atoms with van der Waals surface area (Å²) < 4.78 is 0. The molecule has 0 aromatic heterocycles. The molecule has 0 fully saturated rings. The highest BCUT2D eigenvalue weighted by atomic mass is 14.5.